The zero-order chi connectivity index (χ0) is 13.8. The summed E-state index contributed by atoms with van der Waals surface area (Å²) in [6, 6.07) is 0.979. The van der Waals surface area contributed by atoms with E-state index in [0.29, 0.717) is 13.1 Å². The molecule has 1 aliphatic rings. The summed E-state index contributed by atoms with van der Waals surface area (Å²) in [5.74, 6) is 0.234. The third-order valence-electron chi connectivity index (χ3n) is 3.15. The fourth-order valence-corrected chi connectivity index (χ4v) is 2.20. The summed E-state index contributed by atoms with van der Waals surface area (Å²) in [6.07, 6.45) is 5.17. The molecule has 1 aromatic rings. The first kappa shape index (κ1) is 13.2. The van der Waals surface area contributed by atoms with Gasteiger partial charge in [-0.1, -0.05) is 12.8 Å². The summed E-state index contributed by atoms with van der Waals surface area (Å²) in [4.78, 5) is 26.2. The van der Waals surface area contributed by atoms with E-state index in [9.17, 15) is 20.2 Å². The van der Waals surface area contributed by atoms with Gasteiger partial charge in [-0.3, -0.25) is 20.2 Å². The van der Waals surface area contributed by atoms with Gasteiger partial charge in [-0.25, -0.2) is 4.98 Å². The molecular weight excluding hydrogens is 252 g/mol. The molecule has 0 amide bonds. The molecule has 0 bridgehead atoms. The second-order valence-electron chi connectivity index (χ2n) is 4.45. The van der Waals surface area contributed by atoms with Gasteiger partial charge in [-0.15, -0.1) is 0 Å². The minimum absolute atomic E-state index is 0.234. The lowest BCUT2D eigenvalue weighted by Gasteiger charge is -2.20. The molecule has 8 nitrogen and oxygen atoms in total. The Morgan fingerprint density at radius 3 is 2.21 bits per heavy atom. The molecule has 0 atom stereocenters. The van der Waals surface area contributed by atoms with Crippen LogP contribution >= 0.6 is 0 Å². The molecule has 0 aromatic carbocycles. The van der Waals surface area contributed by atoms with Crippen LogP contribution in [0.5, 0.6) is 0 Å². The van der Waals surface area contributed by atoms with Crippen molar-refractivity contribution in [2.24, 2.45) is 0 Å². The predicted molar refractivity (Wildman–Crippen MR) is 68.2 cm³/mol. The van der Waals surface area contributed by atoms with Gasteiger partial charge in [0.1, 0.15) is 6.20 Å². The van der Waals surface area contributed by atoms with Crippen LogP contribution in [0.2, 0.25) is 0 Å². The van der Waals surface area contributed by atoms with Gasteiger partial charge in [0.05, 0.1) is 15.9 Å². The summed E-state index contributed by atoms with van der Waals surface area (Å²) in [6.45, 7) is 1.40. The van der Waals surface area contributed by atoms with E-state index in [2.05, 4.69) is 4.98 Å². The van der Waals surface area contributed by atoms with Gasteiger partial charge in [0.15, 0.2) is 0 Å². The summed E-state index contributed by atoms with van der Waals surface area (Å²) in [7, 11) is 0. The Labute approximate surface area is 109 Å². The van der Waals surface area contributed by atoms with Crippen molar-refractivity contribution in [2.75, 3.05) is 18.0 Å². The Balaban J connectivity index is 2.37. The molecule has 0 spiro atoms. The average molecular weight is 266 g/mol. The van der Waals surface area contributed by atoms with Crippen LogP contribution in [0.1, 0.15) is 25.7 Å². The monoisotopic (exact) mass is 266 g/mol. The fraction of sp³-hybridized carbons (Fsp3) is 0.545. The molecule has 0 unspecified atom stereocenters. The SMILES string of the molecule is O=[N+]([O-])c1cnc(N2CCCCCC2)c([N+](=O)[O-])c1. The van der Waals surface area contributed by atoms with Crippen molar-refractivity contribution in [1.29, 1.82) is 0 Å². The predicted octanol–water partition coefficient (Wildman–Crippen LogP) is 2.28. The van der Waals surface area contributed by atoms with Gasteiger partial charge >= 0.3 is 5.69 Å². The molecule has 0 N–H and O–H groups in total. The number of anilines is 1. The quantitative estimate of drug-likeness (QED) is 0.614. The topological polar surface area (TPSA) is 102 Å². The highest BCUT2D eigenvalue weighted by atomic mass is 16.6. The lowest BCUT2D eigenvalue weighted by molar-refractivity contribution is -0.394. The number of hydrogen-bond donors (Lipinski definition) is 0. The first-order valence-electron chi connectivity index (χ1n) is 6.13. The molecular formula is C11H14N4O4. The van der Waals surface area contributed by atoms with Gasteiger partial charge in [0, 0.05) is 13.1 Å². The van der Waals surface area contributed by atoms with Crippen LogP contribution in [0.3, 0.4) is 0 Å². The largest absolute Gasteiger partial charge is 0.351 e. The third kappa shape index (κ3) is 2.95. The van der Waals surface area contributed by atoms with E-state index < -0.39 is 9.85 Å². The fourth-order valence-electron chi connectivity index (χ4n) is 2.20. The Kier molecular flexibility index (Phi) is 3.88. The van der Waals surface area contributed by atoms with E-state index in [4.69, 9.17) is 0 Å². The van der Waals surface area contributed by atoms with E-state index in [1.54, 1.807) is 0 Å². The van der Waals surface area contributed by atoms with Crippen LogP contribution in [0.15, 0.2) is 12.3 Å². The van der Waals surface area contributed by atoms with Gasteiger partial charge in [-0.05, 0) is 12.8 Å². The van der Waals surface area contributed by atoms with E-state index in [-0.39, 0.29) is 17.2 Å². The zero-order valence-electron chi connectivity index (χ0n) is 10.3. The number of pyridine rings is 1. The van der Waals surface area contributed by atoms with E-state index in [1.807, 2.05) is 4.90 Å². The summed E-state index contributed by atoms with van der Waals surface area (Å²) in [5, 5.41) is 21.7. The van der Waals surface area contributed by atoms with Crippen LogP contribution in [-0.2, 0) is 0 Å². The van der Waals surface area contributed by atoms with Crippen molar-refractivity contribution < 1.29 is 9.85 Å². The standard InChI is InChI=1S/C11H14N4O4/c16-14(17)9-7-10(15(18)19)11(12-8-9)13-5-3-1-2-4-6-13/h7-8H,1-6H2. The number of aromatic nitrogens is 1. The molecule has 2 heterocycles. The zero-order valence-corrected chi connectivity index (χ0v) is 10.3. The van der Waals surface area contributed by atoms with Crippen molar-refractivity contribution in [1.82, 2.24) is 4.98 Å². The van der Waals surface area contributed by atoms with Crippen molar-refractivity contribution in [3.05, 3.63) is 32.5 Å². The smallest absolute Gasteiger partial charge is 0.318 e. The van der Waals surface area contributed by atoms with E-state index >= 15 is 0 Å². The van der Waals surface area contributed by atoms with Crippen LogP contribution in [0.25, 0.3) is 0 Å². The second-order valence-corrected chi connectivity index (χ2v) is 4.45. The molecule has 0 aliphatic carbocycles. The maximum atomic E-state index is 11.0. The van der Waals surface area contributed by atoms with Crippen molar-refractivity contribution in [3.8, 4) is 0 Å². The van der Waals surface area contributed by atoms with Crippen LogP contribution < -0.4 is 4.90 Å². The molecule has 0 saturated carbocycles. The van der Waals surface area contributed by atoms with Crippen LogP contribution in [0, 0.1) is 20.2 Å². The Morgan fingerprint density at radius 1 is 1.05 bits per heavy atom. The summed E-state index contributed by atoms with van der Waals surface area (Å²) < 4.78 is 0. The van der Waals surface area contributed by atoms with Crippen LogP contribution in [0.4, 0.5) is 17.2 Å². The minimum atomic E-state index is -0.674. The number of hydrogen-bond acceptors (Lipinski definition) is 6. The second kappa shape index (κ2) is 5.59. The first-order chi connectivity index (χ1) is 9.09. The molecule has 19 heavy (non-hydrogen) atoms. The van der Waals surface area contributed by atoms with E-state index in [1.165, 1.54) is 0 Å². The highest BCUT2D eigenvalue weighted by Crippen LogP contribution is 2.30. The van der Waals surface area contributed by atoms with Crippen molar-refractivity contribution >= 4 is 17.2 Å². The lowest BCUT2D eigenvalue weighted by atomic mass is 10.2. The number of rotatable bonds is 3. The molecule has 2 rings (SSSR count). The van der Waals surface area contributed by atoms with Gasteiger partial charge in [0.25, 0.3) is 5.69 Å². The minimum Gasteiger partial charge on any atom is -0.351 e. The highest BCUT2D eigenvalue weighted by molar-refractivity contribution is 5.61. The number of nitro groups is 2. The highest BCUT2D eigenvalue weighted by Gasteiger charge is 2.25. The molecule has 1 saturated heterocycles. The first-order valence-corrected chi connectivity index (χ1v) is 6.13. The molecule has 0 radical (unpaired) electrons. The molecule has 1 fully saturated rings. The lowest BCUT2D eigenvalue weighted by Crippen LogP contribution is -2.25. The summed E-state index contributed by atoms with van der Waals surface area (Å²) >= 11 is 0. The van der Waals surface area contributed by atoms with E-state index in [0.717, 1.165) is 37.9 Å². The molecule has 102 valence electrons. The van der Waals surface area contributed by atoms with Gasteiger partial charge in [0.2, 0.25) is 5.82 Å². The van der Waals surface area contributed by atoms with Gasteiger partial charge < -0.3 is 4.90 Å². The summed E-state index contributed by atoms with van der Waals surface area (Å²) in [5.41, 5.74) is -0.652. The molecule has 1 aliphatic heterocycles. The Bertz CT molecular complexity index is 497. The number of nitrogens with zero attached hydrogens (tertiary/aromatic N) is 4. The van der Waals surface area contributed by atoms with Gasteiger partial charge in [-0.2, -0.15) is 0 Å². The van der Waals surface area contributed by atoms with Crippen molar-refractivity contribution in [3.63, 3.8) is 0 Å². The molecule has 1 aromatic heterocycles. The van der Waals surface area contributed by atoms with Crippen LogP contribution in [-0.4, -0.2) is 27.9 Å². The maximum Gasteiger partial charge on any atom is 0.318 e. The average Bonchev–Trinajstić information content (AvgIpc) is 2.66. The molecule has 8 heteroatoms. The Hall–Kier alpha value is -2.25. The van der Waals surface area contributed by atoms with Crippen molar-refractivity contribution in [2.45, 2.75) is 25.7 Å². The Morgan fingerprint density at radius 2 is 1.68 bits per heavy atom. The normalized spacial score (nSPS) is 15.9. The third-order valence-corrected chi connectivity index (χ3v) is 3.15. The maximum absolute atomic E-state index is 11.0.